The average Bonchev–Trinajstić information content (AvgIpc) is 2.87. The lowest BCUT2D eigenvalue weighted by atomic mass is 10.3. The fourth-order valence-electron chi connectivity index (χ4n) is 2.27. The van der Waals surface area contributed by atoms with Crippen LogP contribution in [0.3, 0.4) is 0 Å². The van der Waals surface area contributed by atoms with E-state index in [0.29, 0.717) is 31.1 Å². The van der Waals surface area contributed by atoms with Crippen molar-refractivity contribution in [3.8, 4) is 6.01 Å². The predicted octanol–water partition coefficient (Wildman–Crippen LogP) is 0.417. The van der Waals surface area contributed by atoms with Crippen LogP contribution in [0.1, 0.15) is 27.2 Å². The average molecular weight is 294 g/mol. The van der Waals surface area contributed by atoms with Crippen molar-refractivity contribution in [3.63, 3.8) is 0 Å². The van der Waals surface area contributed by atoms with E-state index in [0.717, 1.165) is 19.5 Å². The number of hydrogen-bond donors (Lipinski definition) is 2. The maximum absolute atomic E-state index is 11.1. The normalized spacial score (nSPS) is 17.7. The molecule has 1 unspecified atom stereocenters. The molecular weight excluding hydrogens is 272 g/mol. The number of carbonyl (C=O) groups excluding carboxylic acids is 1. The minimum Gasteiger partial charge on any atom is -0.464 e. The van der Waals surface area contributed by atoms with Crippen LogP contribution in [-0.4, -0.2) is 53.1 Å². The summed E-state index contributed by atoms with van der Waals surface area (Å²) < 4.78 is 5.39. The number of aromatic nitrogens is 3. The third-order valence-corrected chi connectivity index (χ3v) is 3.09. The zero-order valence-corrected chi connectivity index (χ0v) is 12.7. The first-order valence-corrected chi connectivity index (χ1v) is 7.27. The van der Waals surface area contributed by atoms with E-state index >= 15 is 0 Å². The fraction of sp³-hybridized carbons (Fsp3) is 0.692. The SMILES string of the molecule is CCNc1nc(OCC)nc(N2CCC(NC(C)=O)C2)n1. The Morgan fingerprint density at radius 1 is 1.38 bits per heavy atom. The highest BCUT2D eigenvalue weighted by molar-refractivity contribution is 5.73. The first-order valence-electron chi connectivity index (χ1n) is 7.27. The number of nitrogens with zero attached hydrogens (tertiary/aromatic N) is 4. The number of hydrogen-bond acceptors (Lipinski definition) is 7. The van der Waals surface area contributed by atoms with Crippen LogP contribution in [0.4, 0.5) is 11.9 Å². The molecule has 1 atom stereocenters. The van der Waals surface area contributed by atoms with Crippen LogP contribution >= 0.6 is 0 Å². The van der Waals surface area contributed by atoms with Crippen LogP contribution < -0.4 is 20.3 Å². The molecular formula is C13H22N6O2. The molecule has 0 saturated carbocycles. The Kier molecular flexibility index (Phi) is 5.13. The van der Waals surface area contributed by atoms with Gasteiger partial charge in [-0.05, 0) is 20.3 Å². The van der Waals surface area contributed by atoms with E-state index in [1.165, 1.54) is 6.92 Å². The van der Waals surface area contributed by atoms with Crippen molar-refractivity contribution in [1.29, 1.82) is 0 Å². The Morgan fingerprint density at radius 3 is 2.86 bits per heavy atom. The number of nitrogens with one attached hydrogen (secondary N) is 2. The summed E-state index contributed by atoms with van der Waals surface area (Å²) in [5.41, 5.74) is 0. The quantitative estimate of drug-likeness (QED) is 0.785. The van der Waals surface area contributed by atoms with Crippen LogP contribution in [0.5, 0.6) is 6.01 Å². The molecule has 1 aliphatic rings. The molecule has 1 saturated heterocycles. The molecule has 8 nitrogen and oxygen atoms in total. The third-order valence-electron chi connectivity index (χ3n) is 3.09. The second kappa shape index (κ2) is 7.05. The molecule has 8 heteroatoms. The van der Waals surface area contributed by atoms with Gasteiger partial charge in [-0.15, -0.1) is 0 Å². The number of ether oxygens (including phenoxy) is 1. The van der Waals surface area contributed by atoms with Gasteiger partial charge in [0.05, 0.1) is 6.61 Å². The van der Waals surface area contributed by atoms with Gasteiger partial charge in [0, 0.05) is 32.6 Å². The Bertz CT molecular complexity index is 471. The zero-order valence-electron chi connectivity index (χ0n) is 12.7. The van der Waals surface area contributed by atoms with E-state index in [1.54, 1.807) is 0 Å². The molecule has 1 aromatic rings. The molecule has 0 aromatic carbocycles. The molecule has 0 radical (unpaired) electrons. The van der Waals surface area contributed by atoms with Crippen molar-refractivity contribution in [2.24, 2.45) is 0 Å². The monoisotopic (exact) mass is 294 g/mol. The minimum absolute atomic E-state index is 0.0131. The third kappa shape index (κ3) is 4.17. The van der Waals surface area contributed by atoms with Crippen molar-refractivity contribution in [2.75, 3.05) is 36.5 Å². The molecule has 0 bridgehead atoms. The van der Waals surface area contributed by atoms with Gasteiger partial charge in [-0.2, -0.15) is 15.0 Å². The molecule has 0 aliphatic carbocycles. The van der Waals surface area contributed by atoms with E-state index < -0.39 is 0 Å². The number of rotatable bonds is 6. The highest BCUT2D eigenvalue weighted by Gasteiger charge is 2.25. The van der Waals surface area contributed by atoms with E-state index in [2.05, 4.69) is 25.6 Å². The van der Waals surface area contributed by atoms with Crippen molar-refractivity contribution in [3.05, 3.63) is 0 Å². The largest absolute Gasteiger partial charge is 0.464 e. The van der Waals surface area contributed by atoms with Crippen molar-refractivity contribution >= 4 is 17.8 Å². The summed E-state index contributed by atoms with van der Waals surface area (Å²) in [6, 6.07) is 0.457. The summed E-state index contributed by atoms with van der Waals surface area (Å²) >= 11 is 0. The maximum atomic E-state index is 11.1. The van der Waals surface area contributed by atoms with Gasteiger partial charge in [0.1, 0.15) is 0 Å². The van der Waals surface area contributed by atoms with Crippen molar-refractivity contribution in [2.45, 2.75) is 33.2 Å². The second-order valence-corrected chi connectivity index (χ2v) is 4.84. The van der Waals surface area contributed by atoms with Crippen LogP contribution in [0.25, 0.3) is 0 Å². The van der Waals surface area contributed by atoms with Gasteiger partial charge in [-0.3, -0.25) is 4.79 Å². The van der Waals surface area contributed by atoms with Gasteiger partial charge in [0.25, 0.3) is 0 Å². The molecule has 2 rings (SSSR count). The van der Waals surface area contributed by atoms with Gasteiger partial charge in [-0.1, -0.05) is 0 Å². The summed E-state index contributed by atoms with van der Waals surface area (Å²) in [6.07, 6.45) is 0.881. The molecule has 1 aliphatic heterocycles. The maximum Gasteiger partial charge on any atom is 0.323 e. The molecule has 1 aromatic heterocycles. The van der Waals surface area contributed by atoms with Crippen LogP contribution in [0.2, 0.25) is 0 Å². The summed E-state index contributed by atoms with van der Waals surface area (Å²) in [6.45, 7) is 8.12. The van der Waals surface area contributed by atoms with E-state index in [-0.39, 0.29) is 11.9 Å². The van der Waals surface area contributed by atoms with Crippen LogP contribution in [0.15, 0.2) is 0 Å². The molecule has 2 N–H and O–H groups in total. The lowest BCUT2D eigenvalue weighted by Gasteiger charge is -2.17. The summed E-state index contributed by atoms with van der Waals surface area (Å²) in [7, 11) is 0. The minimum atomic E-state index is -0.0131. The van der Waals surface area contributed by atoms with Crippen LogP contribution in [0, 0.1) is 0 Å². The topological polar surface area (TPSA) is 92.3 Å². The summed E-state index contributed by atoms with van der Waals surface area (Å²) in [5.74, 6) is 1.08. The Morgan fingerprint density at radius 2 is 2.19 bits per heavy atom. The van der Waals surface area contributed by atoms with Gasteiger partial charge >= 0.3 is 6.01 Å². The smallest absolute Gasteiger partial charge is 0.323 e. The highest BCUT2D eigenvalue weighted by atomic mass is 16.5. The summed E-state index contributed by atoms with van der Waals surface area (Å²) in [5, 5.41) is 6.00. The highest BCUT2D eigenvalue weighted by Crippen LogP contribution is 2.19. The lowest BCUT2D eigenvalue weighted by molar-refractivity contribution is -0.119. The zero-order chi connectivity index (χ0) is 15.2. The standard InChI is InChI=1S/C13H22N6O2/c1-4-14-11-16-12(18-13(17-11)21-5-2)19-7-6-10(8-19)15-9(3)20/h10H,4-8H2,1-3H3,(H,15,20)(H,14,16,17,18). The van der Waals surface area contributed by atoms with E-state index in [4.69, 9.17) is 4.74 Å². The molecule has 116 valence electrons. The van der Waals surface area contributed by atoms with Gasteiger partial charge < -0.3 is 20.3 Å². The van der Waals surface area contributed by atoms with Gasteiger partial charge in [-0.25, -0.2) is 0 Å². The number of amides is 1. The number of anilines is 2. The van der Waals surface area contributed by atoms with Crippen molar-refractivity contribution in [1.82, 2.24) is 20.3 Å². The first-order chi connectivity index (χ1) is 10.1. The van der Waals surface area contributed by atoms with Crippen LogP contribution in [-0.2, 0) is 4.79 Å². The Balaban J connectivity index is 2.13. The lowest BCUT2D eigenvalue weighted by Crippen LogP contribution is -2.36. The predicted molar refractivity (Wildman–Crippen MR) is 79.6 cm³/mol. The van der Waals surface area contributed by atoms with E-state index in [9.17, 15) is 4.79 Å². The summed E-state index contributed by atoms with van der Waals surface area (Å²) in [4.78, 5) is 26.1. The Labute approximate surface area is 124 Å². The van der Waals surface area contributed by atoms with E-state index in [1.807, 2.05) is 18.7 Å². The van der Waals surface area contributed by atoms with Gasteiger partial charge in [0.2, 0.25) is 17.8 Å². The molecule has 0 spiro atoms. The first kappa shape index (κ1) is 15.3. The van der Waals surface area contributed by atoms with Gasteiger partial charge in [0.15, 0.2) is 0 Å². The Hall–Kier alpha value is -2.12. The van der Waals surface area contributed by atoms with Crippen molar-refractivity contribution < 1.29 is 9.53 Å². The fourth-order valence-corrected chi connectivity index (χ4v) is 2.27. The second-order valence-electron chi connectivity index (χ2n) is 4.84. The molecule has 2 heterocycles. The molecule has 1 fully saturated rings. The molecule has 21 heavy (non-hydrogen) atoms. The number of carbonyl (C=O) groups is 1. The molecule has 1 amide bonds.